The Labute approximate surface area is 260 Å². The summed E-state index contributed by atoms with van der Waals surface area (Å²) in [5.41, 5.74) is -0.517. The highest BCUT2D eigenvalue weighted by Gasteiger charge is 2.84. The molecule has 0 bridgehead atoms. The first-order valence-electron chi connectivity index (χ1n) is 17.2. The van der Waals surface area contributed by atoms with Crippen molar-refractivity contribution >= 4 is 5.97 Å². The first kappa shape index (κ1) is 29.1. The zero-order chi connectivity index (χ0) is 31.0. The van der Waals surface area contributed by atoms with Crippen LogP contribution < -0.4 is 0 Å². The van der Waals surface area contributed by atoms with Gasteiger partial charge in [0.2, 0.25) is 5.79 Å². The first-order valence-corrected chi connectivity index (χ1v) is 17.2. The van der Waals surface area contributed by atoms with Crippen molar-refractivity contribution in [2.24, 2.45) is 50.7 Å². The molecular weight excluding hydrogens is 564 g/mol. The van der Waals surface area contributed by atoms with E-state index in [1.165, 1.54) is 6.42 Å². The highest BCUT2D eigenvalue weighted by molar-refractivity contribution is 5.86. The van der Waals surface area contributed by atoms with E-state index < -0.39 is 36.0 Å². The number of carbonyl (C=O) groups excluding carboxylic acids is 1. The predicted octanol–water partition coefficient (Wildman–Crippen LogP) is 3.47. The minimum absolute atomic E-state index is 0.00274. The molecule has 4 aliphatic heterocycles. The van der Waals surface area contributed by atoms with Crippen LogP contribution >= 0.6 is 0 Å². The van der Waals surface area contributed by atoms with Crippen LogP contribution in [0, 0.1) is 50.7 Å². The number of rotatable bonds is 2. The number of hydrogen-bond acceptors (Lipinski definition) is 9. The average Bonchev–Trinajstić information content (AvgIpc) is 3.80. The van der Waals surface area contributed by atoms with Gasteiger partial charge < -0.3 is 39.0 Å². The van der Waals surface area contributed by atoms with Crippen LogP contribution in [0.15, 0.2) is 12.2 Å². The van der Waals surface area contributed by atoms with Crippen molar-refractivity contribution in [2.75, 3.05) is 6.61 Å². The Kier molecular flexibility index (Phi) is 5.50. The van der Waals surface area contributed by atoms with Gasteiger partial charge in [-0.1, -0.05) is 46.8 Å². The summed E-state index contributed by atoms with van der Waals surface area (Å²) in [5, 5.41) is 30.8. The van der Waals surface area contributed by atoms with Gasteiger partial charge in [-0.25, -0.2) is 4.79 Å². The van der Waals surface area contributed by atoms with Crippen LogP contribution in [0.25, 0.3) is 0 Å². The summed E-state index contributed by atoms with van der Waals surface area (Å²) >= 11 is 0. The van der Waals surface area contributed by atoms with Crippen LogP contribution in [0.5, 0.6) is 0 Å². The lowest BCUT2D eigenvalue weighted by Gasteiger charge is -2.61. The van der Waals surface area contributed by atoms with Crippen LogP contribution in [-0.2, 0) is 28.5 Å². The molecule has 0 radical (unpaired) electrons. The fraction of sp³-hybridized carbons (Fsp3) is 0.914. The number of esters is 1. The van der Waals surface area contributed by atoms with Crippen molar-refractivity contribution < 1.29 is 43.8 Å². The predicted molar refractivity (Wildman–Crippen MR) is 156 cm³/mol. The van der Waals surface area contributed by atoms with Gasteiger partial charge in [0.05, 0.1) is 18.8 Å². The van der Waals surface area contributed by atoms with Crippen molar-refractivity contribution in [1.82, 2.24) is 0 Å². The lowest BCUT2D eigenvalue weighted by atomic mass is 9.44. The Hall–Kier alpha value is -1.07. The molecule has 0 aromatic rings. The van der Waals surface area contributed by atoms with E-state index in [1.54, 1.807) is 0 Å². The van der Waals surface area contributed by atoms with E-state index >= 15 is 0 Å². The molecule has 0 aromatic carbocycles. The maximum absolute atomic E-state index is 12.7. The summed E-state index contributed by atoms with van der Waals surface area (Å²) in [6.07, 6.45) is 7.40. The van der Waals surface area contributed by atoms with Crippen LogP contribution in [0.4, 0.5) is 0 Å². The van der Waals surface area contributed by atoms with Crippen LogP contribution in [0.1, 0.15) is 86.5 Å². The Morgan fingerprint density at radius 2 is 1.68 bits per heavy atom. The fourth-order valence-electron chi connectivity index (χ4n) is 13.4. The molecule has 8 fully saturated rings. The van der Waals surface area contributed by atoms with Gasteiger partial charge in [-0.3, -0.25) is 0 Å². The Balaban J connectivity index is 0.991. The second kappa shape index (κ2) is 8.31. The Morgan fingerprint density at radius 3 is 2.39 bits per heavy atom. The molecule has 4 saturated carbocycles. The quantitative estimate of drug-likeness (QED) is 0.185. The molecule has 4 heterocycles. The molecular formula is C35H50O9. The summed E-state index contributed by atoms with van der Waals surface area (Å²) in [6, 6.07) is 0. The number of allylic oxidation sites excluding steroid dienone is 2. The van der Waals surface area contributed by atoms with Gasteiger partial charge in [0, 0.05) is 6.42 Å². The van der Waals surface area contributed by atoms with Crippen molar-refractivity contribution in [3.63, 3.8) is 0 Å². The standard InChI is InChI=1S/C35H50O9/c1-17-13-35(27-32(6,43-27)28(39)44-35)42-19-14-31(5)21-8-7-20-29(2,3)22(41-26-25(38)24(37)18(36)15-40-26)9-10-33(20)16-34(21,33)12-11-30(31,4)23(17)19/h11-12,17-27,36-38H,7-10,13-16H2,1-6H3/t17-,18-,19+,20+,21+,22+,23+,24+,25-,26+,27-,30-,31+,32+,33-,34+,35-/m1/s1. The molecule has 44 heavy (non-hydrogen) atoms. The molecule has 0 aromatic heterocycles. The molecule has 9 aliphatic rings. The van der Waals surface area contributed by atoms with E-state index in [-0.39, 0.29) is 58.0 Å². The third-order valence-corrected chi connectivity index (χ3v) is 15.7. The second-order valence-electron chi connectivity index (χ2n) is 17.7. The first-order chi connectivity index (χ1) is 20.6. The van der Waals surface area contributed by atoms with E-state index in [1.807, 2.05) is 6.92 Å². The summed E-state index contributed by atoms with van der Waals surface area (Å²) < 4.78 is 30.9. The van der Waals surface area contributed by atoms with Crippen LogP contribution in [0.2, 0.25) is 0 Å². The number of epoxide rings is 1. The largest absolute Gasteiger partial charge is 0.428 e. The van der Waals surface area contributed by atoms with Gasteiger partial charge in [0.1, 0.15) is 18.3 Å². The lowest BCUT2D eigenvalue weighted by Crippen LogP contribution is -2.59. The van der Waals surface area contributed by atoms with E-state index in [9.17, 15) is 20.1 Å². The van der Waals surface area contributed by atoms with Gasteiger partial charge in [0.15, 0.2) is 18.0 Å². The topological polar surface area (TPSA) is 127 Å². The zero-order valence-corrected chi connectivity index (χ0v) is 27.0. The number of carbonyl (C=O) groups is 1. The number of fused-ring (bicyclic) bond motifs is 6. The normalized spacial score (nSPS) is 64.2. The second-order valence-corrected chi connectivity index (χ2v) is 17.7. The highest BCUT2D eigenvalue weighted by atomic mass is 16.8. The third kappa shape index (κ3) is 3.11. The van der Waals surface area contributed by atoms with E-state index in [2.05, 4.69) is 46.8 Å². The molecule has 4 saturated heterocycles. The number of hydrogen-bond donors (Lipinski definition) is 3. The van der Waals surface area contributed by atoms with Crippen LogP contribution in [0.3, 0.4) is 0 Å². The molecule has 3 N–H and O–H groups in total. The fourth-order valence-corrected chi connectivity index (χ4v) is 13.4. The molecule has 9 rings (SSSR count). The minimum Gasteiger partial charge on any atom is -0.428 e. The smallest absolute Gasteiger partial charge is 0.343 e. The SMILES string of the molecule is C[C@@H]1C[C@]2(OC(=O)[C@@]3(C)O[C@@H]23)O[C@H]2C[C@@]3(C)[C@@H]4CC[C@H]5C(C)(C)[C@@H](O[C@@H]6OC[C@@H](O)[C@H](O)[C@H]6O)CC[C@@]56C[C@@]46C=C[C@]3(C)[C@@H]12. The molecule has 5 aliphatic carbocycles. The van der Waals surface area contributed by atoms with E-state index in [0.717, 1.165) is 32.1 Å². The van der Waals surface area contributed by atoms with E-state index in [4.69, 9.17) is 23.7 Å². The molecule has 17 atom stereocenters. The molecule has 9 heteroatoms. The van der Waals surface area contributed by atoms with Crippen molar-refractivity contribution in [3.8, 4) is 0 Å². The molecule has 0 amide bonds. The van der Waals surface area contributed by atoms with E-state index in [0.29, 0.717) is 30.1 Å². The maximum Gasteiger partial charge on any atom is 0.343 e. The summed E-state index contributed by atoms with van der Waals surface area (Å²) in [6.45, 7) is 13.8. The Morgan fingerprint density at radius 1 is 0.932 bits per heavy atom. The number of aliphatic hydroxyl groups excluding tert-OH is 3. The van der Waals surface area contributed by atoms with Gasteiger partial charge >= 0.3 is 5.97 Å². The number of aliphatic hydroxyl groups is 3. The molecule has 0 unspecified atom stereocenters. The van der Waals surface area contributed by atoms with Gasteiger partial charge in [-0.15, -0.1) is 0 Å². The average molecular weight is 615 g/mol. The lowest BCUT2D eigenvalue weighted by molar-refractivity contribution is -0.302. The van der Waals surface area contributed by atoms with Crippen molar-refractivity contribution in [3.05, 3.63) is 12.2 Å². The monoisotopic (exact) mass is 614 g/mol. The zero-order valence-electron chi connectivity index (χ0n) is 27.0. The van der Waals surface area contributed by atoms with Crippen molar-refractivity contribution in [1.29, 1.82) is 0 Å². The summed E-state index contributed by atoms with van der Waals surface area (Å²) in [5.74, 6) is 0.507. The highest BCUT2D eigenvalue weighted by Crippen LogP contribution is 2.88. The minimum atomic E-state index is -1.27. The van der Waals surface area contributed by atoms with Gasteiger partial charge in [0.25, 0.3) is 0 Å². The Bertz CT molecular complexity index is 1330. The van der Waals surface area contributed by atoms with Gasteiger partial charge in [-0.2, -0.15) is 0 Å². The third-order valence-electron chi connectivity index (χ3n) is 15.7. The number of ether oxygens (including phenoxy) is 5. The maximum atomic E-state index is 12.7. The molecule has 3 spiro atoms. The molecule has 9 nitrogen and oxygen atoms in total. The summed E-state index contributed by atoms with van der Waals surface area (Å²) in [7, 11) is 0. The molecule has 244 valence electrons. The van der Waals surface area contributed by atoms with Gasteiger partial charge in [-0.05, 0) is 96.2 Å². The van der Waals surface area contributed by atoms with Crippen molar-refractivity contribution in [2.45, 2.75) is 141 Å². The summed E-state index contributed by atoms with van der Waals surface area (Å²) in [4.78, 5) is 12.7. The van der Waals surface area contributed by atoms with Crippen LogP contribution in [-0.4, -0.2) is 82.2 Å².